The van der Waals surface area contributed by atoms with Crippen LogP contribution < -0.4 is 21.5 Å². The number of carboxylic acid groups (broad SMARTS) is 1. The molecule has 0 saturated carbocycles. The molecule has 2 aromatic rings. The summed E-state index contributed by atoms with van der Waals surface area (Å²) in [6.07, 6.45) is 0.671. The lowest BCUT2D eigenvalue weighted by molar-refractivity contribution is 0.0691. The third-order valence-corrected chi connectivity index (χ3v) is 4.53. The van der Waals surface area contributed by atoms with Gasteiger partial charge in [0, 0.05) is 30.9 Å². The Labute approximate surface area is 179 Å². The standard InChI is InChI=1S/C21H26FN5O4/c1-11(15-8-13(22)5-6-14(15)21(28)29)31-17-7-12(9-27-19(17)23)18(20(24)30-4)16(26-3)10-25-2/h5-9,11,25H,10,24H2,1-4H3,(H2,23,27)(H,28,29)/t11-/m1/s1. The molecule has 10 heteroatoms. The highest BCUT2D eigenvalue weighted by atomic mass is 19.1. The number of carbonyl (C=O) groups is 1. The average Bonchev–Trinajstić information content (AvgIpc) is 2.74. The van der Waals surface area contributed by atoms with Crippen LogP contribution in [-0.2, 0) is 4.74 Å². The fraction of sp³-hybridized carbons (Fsp3) is 0.286. The summed E-state index contributed by atoms with van der Waals surface area (Å²) in [5, 5.41) is 12.4. The molecule has 166 valence electrons. The predicted octanol–water partition coefficient (Wildman–Crippen LogP) is 2.21. The number of ether oxygens (including phenoxy) is 2. The molecule has 0 unspecified atom stereocenters. The first-order valence-corrected chi connectivity index (χ1v) is 9.33. The molecule has 0 aliphatic rings. The van der Waals surface area contributed by atoms with E-state index in [1.807, 2.05) is 0 Å². The number of aromatic carboxylic acids is 1. The molecule has 1 aromatic heterocycles. The number of aliphatic imine (C=N–C) groups is 1. The van der Waals surface area contributed by atoms with Crippen LogP contribution in [0.4, 0.5) is 10.2 Å². The number of pyridine rings is 1. The molecule has 1 heterocycles. The molecule has 9 nitrogen and oxygen atoms in total. The van der Waals surface area contributed by atoms with Crippen LogP contribution in [-0.4, -0.2) is 49.5 Å². The van der Waals surface area contributed by atoms with Crippen LogP contribution in [0, 0.1) is 5.82 Å². The molecule has 0 fully saturated rings. The van der Waals surface area contributed by atoms with E-state index >= 15 is 0 Å². The topological polar surface area (TPSA) is 145 Å². The number of nitrogens with zero attached hydrogens (tertiary/aromatic N) is 2. The van der Waals surface area contributed by atoms with Gasteiger partial charge in [-0.25, -0.2) is 14.2 Å². The van der Waals surface area contributed by atoms with Crippen molar-refractivity contribution in [3.05, 3.63) is 58.9 Å². The third kappa shape index (κ3) is 5.48. The predicted molar refractivity (Wildman–Crippen MR) is 116 cm³/mol. The smallest absolute Gasteiger partial charge is 0.336 e. The van der Waals surface area contributed by atoms with Crippen LogP contribution in [0.5, 0.6) is 5.75 Å². The number of nitrogens with one attached hydrogen (secondary N) is 1. The van der Waals surface area contributed by atoms with Gasteiger partial charge < -0.3 is 31.4 Å². The lowest BCUT2D eigenvalue weighted by Crippen LogP contribution is -2.23. The normalized spacial score (nSPS) is 13.4. The van der Waals surface area contributed by atoms with E-state index in [-0.39, 0.29) is 28.6 Å². The zero-order valence-electron chi connectivity index (χ0n) is 17.8. The zero-order valence-corrected chi connectivity index (χ0v) is 17.8. The number of anilines is 1. The van der Waals surface area contributed by atoms with Gasteiger partial charge >= 0.3 is 5.97 Å². The Morgan fingerprint density at radius 1 is 1.39 bits per heavy atom. The number of benzene rings is 1. The van der Waals surface area contributed by atoms with Gasteiger partial charge in [0.1, 0.15) is 11.9 Å². The van der Waals surface area contributed by atoms with Crippen molar-refractivity contribution in [1.82, 2.24) is 10.3 Å². The number of aromatic nitrogens is 1. The minimum Gasteiger partial charge on any atom is -0.482 e. The highest BCUT2D eigenvalue weighted by Crippen LogP contribution is 2.31. The van der Waals surface area contributed by atoms with Crippen molar-refractivity contribution in [2.45, 2.75) is 13.0 Å². The van der Waals surface area contributed by atoms with Crippen LogP contribution in [0.15, 0.2) is 41.3 Å². The van der Waals surface area contributed by atoms with Gasteiger partial charge in [-0.1, -0.05) is 0 Å². The van der Waals surface area contributed by atoms with Gasteiger partial charge in [0.05, 0.1) is 24.0 Å². The Kier molecular flexibility index (Phi) is 7.92. The van der Waals surface area contributed by atoms with Gasteiger partial charge in [-0.2, -0.15) is 0 Å². The Morgan fingerprint density at radius 3 is 2.68 bits per heavy atom. The van der Waals surface area contributed by atoms with E-state index < -0.39 is 17.9 Å². The lowest BCUT2D eigenvalue weighted by atomic mass is 10.0. The molecule has 0 saturated heterocycles. The monoisotopic (exact) mass is 431 g/mol. The van der Waals surface area contributed by atoms with Gasteiger partial charge in [-0.05, 0) is 38.2 Å². The van der Waals surface area contributed by atoms with E-state index in [0.29, 0.717) is 23.4 Å². The maximum atomic E-state index is 13.7. The first-order valence-electron chi connectivity index (χ1n) is 9.33. The highest BCUT2D eigenvalue weighted by molar-refractivity contribution is 6.25. The molecule has 0 radical (unpaired) electrons. The van der Waals surface area contributed by atoms with Crippen LogP contribution in [0.1, 0.15) is 34.5 Å². The second kappa shape index (κ2) is 10.4. The van der Waals surface area contributed by atoms with Gasteiger partial charge in [0.25, 0.3) is 0 Å². The molecule has 31 heavy (non-hydrogen) atoms. The maximum Gasteiger partial charge on any atom is 0.336 e. The third-order valence-electron chi connectivity index (χ3n) is 4.53. The average molecular weight is 431 g/mol. The number of halogens is 1. The molecular formula is C21H26FN5O4. The van der Waals surface area contributed by atoms with Gasteiger partial charge in [-0.15, -0.1) is 0 Å². The molecule has 0 bridgehead atoms. The molecule has 0 aliphatic heterocycles. The maximum absolute atomic E-state index is 13.7. The quantitative estimate of drug-likeness (QED) is 0.349. The number of nitrogen functional groups attached to an aromatic ring is 1. The van der Waals surface area contributed by atoms with E-state index in [2.05, 4.69) is 15.3 Å². The summed E-state index contributed by atoms with van der Waals surface area (Å²) in [5.74, 6) is -1.40. The largest absolute Gasteiger partial charge is 0.482 e. The summed E-state index contributed by atoms with van der Waals surface area (Å²) in [7, 11) is 4.82. The molecule has 6 N–H and O–H groups in total. The van der Waals surface area contributed by atoms with E-state index in [1.165, 1.54) is 19.4 Å². The van der Waals surface area contributed by atoms with Crippen molar-refractivity contribution in [1.29, 1.82) is 0 Å². The number of nitrogens with two attached hydrogens (primary N) is 2. The number of hydrogen-bond donors (Lipinski definition) is 4. The summed E-state index contributed by atoms with van der Waals surface area (Å²) in [5.41, 5.74) is 13.8. The molecule has 1 aromatic carbocycles. The molecule has 1 atom stereocenters. The van der Waals surface area contributed by atoms with Gasteiger partial charge in [-0.3, -0.25) is 4.99 Å². The van der Waals surface area contributed by atoms with E-state index in [4.69, 9.17) is 20.9 Å². The van der Waals surface area contributed by atoms with Gasteiger partial charge in [0.15, 0.2) is 17.5 Å². The molecule has 2 rings (SSSR count). The van der Waals surface area contributed by atoms with Crippen molar-refractivity contribution >= 4 is 23.1 Å². The number of rotatable bonds is 9. The fourth-order valence-electron chi connectivity index (χ4n) is 3.00. The van der Waals surface area contributed by atoms with Crippen LogP contribution in [0.25, 0.3) is 5.57 Å². The van der Waals surface area contributed by atoms with Crippen molar-refractivity contribution in [2.24, 2.45) is 10.7 Å². The summed E-state index contributed by atoms with van der Waals surface area (Å²) < 4.78 is 24.8. The molecule has 0 aliphatic carbocycles. The molecule has 0 amide bonds. The lowest BCUT2D eigenvalue weighted by Gasteiger charge is -2.19. The SMILES string of the molecule is CN=C(CNC)C(=C(N)OC)c1cnc(N)c(O[C@H](C)c2cc(F)ccc2C(=O)O)c1. The van der Waals surface area contributed by atoms with Crippen molar-refractivity contribution in [3.63, 3.8) is 0 Å². The second-order valence-electron chi connectivity index (χ2n) is 6.55. The van der Waals surface area contributed by atoms with Crippen LogP contribution in [0.2, 0.25) is 0 Å². The number of carboxylic acids is 1. The van der Waals surface area contributed by atoms with Crippen LogP contribution in [0.3, 0.4) is 0 Å². The molecule has 0 spiro atoms. The highest BCUT2D eigenvalue weighted by Gasteiger charge is 2.21. The molecular weight excluding hydrogens is 405 g/mol. The summed E-state index contributed by atoms with van der Waals surface area (Å²) in [4.78, 5) is 19.9. The first kappa shape index (κ1) is 23.6. The van der Waals surface area contributed by atoms with Crippen molar-refractivity contribution in [3.8, 4) is 5.75 Å². The van der Waals surface area contributed by atoms with Crippen molar-refractivity contribution < 1.29 is 23.8 Å². The van der Waals surface area contributed by atoms with Crippen LogP contribution >= 0.6 is 0 Å². The summed E-state index contributed by atoms with van der Waals surface area (Å²) in [6, 6.07) is 4.98. The van der Waals surface area contributed by atoms with E-state index in [9.17, 15) is 14.3 Å². The van der Waals surface area contributed by atoms with Gasteiger partial charge in [0.2, 0.25) is 0 Å². The fourth-order valence-corrected chi connectivity index (χ4v) is 3.00. The van der Waals surface area contributed by atoms with Crippen molar-refractivity contribution in [2.75, 3.05) is 33.5 Å². The first-order chi connectivity index (χ1) is 14.7. The summed E-state index contributed by atoms with van der Waals surface area (Å²) >= 11 is 0. The minimum atomic E-state index is -1.20. The Bertz CT molecular complexity index is 1020. The second-order valence-corrected chi connectivity index (χ2v) is 6.55. The zero-order chi connectivity index (χ0) is 23.1. The Balaban J connectivity index is 2.50. The summed E-state index contributed by atoms with van der Waals surface area (Å²) in [6.45, 7) is 2.01. The van der Waals surface area contributed by atoms with E-state index in [0.717, 1.165) is 12.1 Å². The van der Waals surface area contributed by atoms with E-state index in [1.54, 1.807) is 27.1 Å². The number of hydrogen-bond acceptors (Lipinski definition) is 8. The minimum absolute atomic E-state index is 0.0721. The Morgan fingerprint density at radius 2 is 2.10 bits per heavy atom. The Hall–Kier alpha value is -3.66. The number of methoxy groups -OCH3 is 1.